The molecule has 1 rings (SSSR count). The van der Waals surface area contributed by atoms with Crippen LogP contribution in [-0.4, -0.2) is 10.1 Å². The third-order valence-electron chi connectivity index (χ3n) is 1.94. The molecule has 0 saturated heterocycles. The smallest absolute Gasteiger partial charge is 0.122 e. The van der Waals surface area contributed by atoms with Crippen LogP contribution in [0.2, 0.25) is 0 Å². The maximum atomic E-state index is 9.66. The third kappa shape index (κ3) is 2.49. The van der Waals surface area contributed by atoms with Crippen LogP contribution in [0.1, 0.15) is 41.4 Å². The SMILES string of the molecule is CCCC(O)c1nc(C)c(CN)s1. The molecule has 13 heavy (non-hydrogen) atoms. The summed E-state index contributed by atoms with van der Waals surface area (Å²) >= 11 is 1.52. The Bertz CT molecular complexity index is 273. The van der Waals surface area contributed by atoms with E-state index < -0.39 is 6.10 Å². The summed E-state index contributed by atoms with van der Waals surface area (Å²) in [6.45, 7) is 4.50. The van der Waals surface area contributed by atoms with Gasteiger partial charge in [0, 0.05) is 11.4 Å². The molecular formula is C9H16N2OS. The number of rotatable bonds is 4. The van der Waals surface area contributed by atoms with Gasteiger partial charge in [-0.15, -0.1) is 11.3 Å². The molecule has 3 nitrogen and oxygen atoms in total. The van der Waals surface area contributed by atoms with Gasteiger partial charge in [-0.1, -0.05) is 13.3 Å². The average Bonchev–Trinajstić information content (AvgIpc) is 2.47. The fraction of sp³-hybridized carbons (Fsp3) is 0.667. The molecule has 0 bridgehead atoms. The van der Waals surface area contributed by atoms with Gasteiger partial charge in [-0.2, -0.15) is 0 Å². The van der Waals surface area contributed by atoms with Gasteiger partial charge in [0.2, 0.25) is 0 Å². The van der Waals surface area contributed by atoms with Crippen LogP contribution in [-0.2, 0) is 6.54 Å². The summed E-state index contributed by atoms with van der Waals surface area (Å²) in [6.07, 6.45) is 1.34. The van der Waals surface area contributed by atoms with Crippen LogP contribution in [0.5, 0.6) is 0 Å². The molecule has 1 aromatic rings. The van der Waals surface area contributed by atoms with Crippen molar-refractivity contribution in [2.24, 2.45) is 5.73 Å². The van der Waals surface area contributed by atoms with E-state index in [1.54, 1.807) is 0 Å². The van der Waals surface area contributed by atoms with Gasteiger partial charge in [0.1, 0.15) is 11.1 Å². The lowest BCUT2D eigenvalue weighted by Gasteiger charge is -2.03. The lowest BCUT2D eigenvalue weighted by atomic mass is 10.2. The minimum absolute atomic E-state index is 0.408. The molecule has 0 aliphatic rings. The zero-order chi connectivity index (χ0) is 9.84. The highest BCUT2D eigenvalue weighted by Gasteiger charge is 2.13. The molecule has 0 aromatic carbocycles. The van der Waals surface area contributed by atoms with Crippen LogP contribution in [0, 0.1) is 6.92 Å². The van der Waals surface area contributed by atoms with Crippen molar-refractivity contribution in [3.63, 3.8) is 0 Å². The predicted octanol–water partition coefficient (Wildman–Crippen LogP) is 1.74. The Morgan fingerprint density at radius 1 is 1.62 bits per heavy atom. The Morgan fingerprint density at radius 2 is 2.31 bits per heavy atom. The topological polar surface area (TPSA) is 59.1 Å². The van der Waals surface area contributed by atoms with E-state index in [0.29, 0.717) is 6.54 Å². The zero-order valence-corrected chi connectivity index (χ0v) is 8.90. The Hall–Kier alpha value is -0.450. The highest BCUT2D eigenvalue weighted by Crippen LogP contribution is 2.25. The van der Waals surface area contributed by atoms with Crippen molar-refractivity contribution in [3.05, 3.63) is 15.6 Å². The molecule has 1 heterocycles. The van der Waals surface area contributed by atoms with Crippen LogP contribution >= 0.6 is 11.3 Å². The van der Waals surface area contributed by atoms with Crippen molar-refractivity contribution >= 4 is 11.3 Å². The molecule has 1 atom stereocenters. The number of aliphatic hydroxyl groups is 1. The van der Waals surface area contributed by atoms with Crippen LogP contribution < -0.4 is 5.73 Å². The highest BCUT2D eigenvalue weighted by atomic mass is 32.1. The number of hydrogen-bond acceptors (Lipinski definition) is 4. The first-order valence-electron chi connectivity index (χ1n) is 4.53. The zero-order valence-electron chi connectivity index (χ0n) is 8.08. The summed E-state index contributed by atoms with van der Waals surface area (Å²) in [6, 6.07) is 0. The Balaban J connectivity index is 2.77. The van der Waals surface area contributed by atoms with E-state index in [4.69, 9.17) is 5.73 Å². The van der Waals surface area contributed by atoms with Crippen molar-refractivity contribution < 1.29 is 5.11 Å². The molecule has 0 spiro atoms. The van der Waals surface area contributed by atoms with Crippen LogP contribution in [0.15, 0.2) is 0 Å². The summed E-state index contributed by atoms with van der Waals surface area (Å²) < 4.78 is 0. The van der Waals surface area contributed by atoms with Crippen LogP contribution in [0.3, 0.4) is 0 Å². The summed E-state index contributed by atoms with van der Waals surface area (Å²) in [5.74, 6) is 0. The first-order chi connectivity index (χ1) is 6.19. The van der Waals surface area contributed by atoms with Crippen molar-refractivity contribution in [3.8, 4) is 0 Å². The van der Waals surface area contributed by atoms with Gasteiger partial charge in [-0.3, -0.25) is 0 Å². The van der Waals surface area contributed by atoms with E-state index in [9.17, 15) is 5.11 Å². The number of nitrogens with two attached hydrogens (primary N) is 1. The van der Waals surface area contributed by atoms with Crippen molar-refractivity contribution in [2.45, 2.75) is 39.3 Å². The molecule has 1 unspecified atom stereocenters. The molecule has 0 radical (unpaired) electrons. The van der Waals surface area contributed by atoms with E-state index in [-0.39, 0.29) is 0 Å². The molecule has 0 fully saturated rings. The van der Waals surface area contributed by atoms with E-state index >= 15 is 0 Å². The molecule has 0 saturated carbocycles. The molecule has 0 amide bonds. The molecule has 74 valence electrons. The van der Waals surface area contributed by atoms with Gasteiger partial charge in [0.15, 0.2) is 0 Å². The second kappa shape index (κ2) is 4.69. The fourth-order valence-corrected chi connectivity index (χ4v) is 2.14. The Labute approximate surface area is 82.6 Å². The predicted molar refractivity (Wildman–Crippen MR) is 54.6 cm³/mol. The number of aromatic nitrogens is 1. The lowest BCUT2D eigenvalue weighted by Crippen LogP contribution is -1.95. The number of thiazole rings is 1. The van der Waals surface area contributed by atoms with Gasteiger partial charge >= 0.3 is 0 Å². The summed E-state index contributed by atoms with van der Waals surface area (Å²) in [7, 11) is 0. The number of nitrogens with zero attached hydrogens (tertiary/aromatic N) is 1. The summed E-state index contributed by atoms with van der Waals surface area (Å²) in [5, 5.41) is 10.5. The second-order valence-electron chi connectivity index (χ2n) is 3.07. The average molecular weight is 200 g/mol. The minimum atomic E-state index is -0.408. The maximum absolute atomic E-state index is 9.66. The second-order valence-corrected chi connectivity index (χ2v) is 4.18. The van der Waals surface area contributed by atoms with E-state index in [0.717, 1.165) is 28.4 Å². The molecule has 3 N–H and O–H groups in total. The standard InChI is InChI=1S/C9H16N2OS/c1-3-4-7(12)9-11-6(2)8(5-10)13-9/h7,12H,3-5,10H2,1-2H3. The van der Waals surface area contributed by atoms with Crippen LogP contribution in [0.4, 0.5) is 0 Å². The third-order valence-corrected chi connectivity index (χ3v) is 3.22. The van der Waals surface area contributed by atoms with E-state index in [1.807, 2.05) is 13.8 Å². The van der Waals surface area contributed by atoms with E-state index in [1.165, 1.54) is 11.3 Å². The van der Waals surface area contributed by atoms with E-state index in [2.05, 4.69) is 4.98 Å². The first kappa shape index (κ1) is 10.6. The molecule has 4 heteroatoms. The van der Waals surface area contributed by atoms with Gasteiger partial charge < -0.3 is 10.8 Å². The van der Waals surface area contributed by atoms with Crippen molar-refractivity contribution in [2.75, 3.05) is 0 Å². The number of aryl methyl sites for hydroxylation is 1. The minimum Gasteiger partial charge on any atom is -0.386 e. The Kier molecular flexibility index (Phi) is 3.84. The lowest BCUT2D eigenvalue weighted by molar-refractivity contribution is 0.166. The van der Waals surface area contributed by atoms with Gasteiger partial charge in [0.25, 0.3) is 0 Å². The summed E-state index contributed by atoms with van der Waals surface area (Å²) in [4.78, 5) is 5.36. The molecule has 0 aliphatic heterocycles. The quantitative estimate of drug-likeness (QED) is 0.778. The monoisotopic (exact) mass is 200 g/mol. The highest BCUT2D eigenvalue weighted by molar-refractivity contribution is 7.11. The van der Waals surface area contributed by atoms with Gasteiger partial charge in [-0.25, -0.2) is 4.98 Å². The van der Waals surface area contributed by atoms with Crippen molar-refractivity contribution in [1.82, 2.24) is 4.98 Å². The first-order valence-corrected chi connectivity index (χ1v) is 5.35. The number of hydrogen-bond donors (Lipinski definition) is 2. The Morgan fingerprint density at radius 3 is 2.77 bits per heavy atom. The number of aliphatic hydroxyl groups excluding tert-OH is 1. The fourth-order valence-electron chi connectivity index (χ4n) is 1.18. The molecule has 0 aliphatic carbocycles. The maximum Gasteiger partial charge on any atom is 0.122 e. The largest absolute Gasteiger partial charge is 0.386 e. The van der Waals surface area contributed by atoms with Gasteiger partial charge in [-0.05, 0) is 13.3 Å². The van der Waals surface area contributed by atoms with Gasteiger partial charge in [0.05, 0.1) is 5.69 Å². The summed E-state index contributed by atoms with van der Waals surface area (Å²) in [5.41, 5.74) is 6.48. The van der Waals surface area contributed by atoms with Crippen molar-refractivity contribution in [1.29, 1.82) is 0 Å². The molecular weight excluding hydrogens is 184 g/mol. The molecule has 1 aromatic heterocycles. The normalized spacial score (nSPS) is 13.2. The van der Waals surface area contributed by atoms with Crippen LogP contribution in [0.25, 0.3) is 0 Å².